The van der Waals surface area contributed by atoms with Crippen LogP contribution in [0.15, 0.2) is 36.9 Å². The Hall–Kier alpha value is -2.54. The van der Waals surface area contributed by atoms with Crippen LogP contribution < -0.4 is 11.1 Å². The number of aromatic nitrogens is 3. The molecule has 1 amide bonds. The SMILES string of the molecule is NCCC(=O)NC1CCC(CC(=O)c2ccc(-n3cncn3)cc2)CC1. The second-order valence-electron chi connectivity index (χ2n) is 6.84. The van der Waals surface area contributed by atoms with E-state index in [-0.39, 0.29) is 17.7 Å². The normalized spacial score (nSPS) is 19.9. The molecule has 0 bridgehead atoms. The maximum absolute atomic E-state index is 12.5. The molecule has 0 radical (unpaired) electrons. The Labute approximate surface area is 153 Å². The topological polar surface area (TPSA) is 103 Å². The van der Waals surface area contributed by atoms with Gasteiger partial charge in [-0.2, -0.15) is 5.10 Å². The Morgan fingerprint density at radius 2 is 1.88 bits per heavy atom. The van der Waals surface area contributed by atoms with Gasteiger partial charge in [-0.25, -0.2) is 9.67 Å². The third kappa shape index (κ3) is 4.76. The van der Waals surface area contributed by atoms with Gasteiger partial charge in [-0.05, 0) is 55.9 Å². The lowest BCUT2D eigenvalue weighted by Crippen LogP contribution is -2.38. The summed E-state index contributed by atoms with van der Waals surface area (Å²) < 4.78 is 1.66. The van der Waals surface area contributed by atoms with Crippen molar-refractivity contribution in [3.05, 3.63) is 42.5 Å². The number of rotatable bonds is 7. The Morgan fingerprint density at radius 3 is 2.50 bits per heavy atom. The van der Waals surface area contributed by atoms with Gasteiger partial charge in [0.2, 0.25) is 5.91 Å². The summed E-state index contributed by atoms with van der Waals surface area (Å²) in [7, 11) is 0. The van der Waals surface area contributed by atoms with Gasteiger partial charge in [-0.1, -0.05) is 0 Å². The van der Waals surface area contributed by atoms with E-state index in [0.29, 0.717) is 25.3 Å². The molecule has 3 N–H and O–H groups in total. The molecule has 1 heterocycles. The van der Waals surface area contributed by atoms with Gasteiger partial charge in [0.15, 0.2) is 5.78 Å². The largest absolute Gasteiger partial charge is 0.353 e. The quantitative estimate of drug-likeness (QED) is 0.738. The van der Waals surface area contributed by atoms with E-state index < -0.39 is 0 Å². The molecular formula is C19H25N5O2. The lowest BCUT2D eigenvalue weighted by molar-refractivity contribution is -0.121. The van der Waals surface area contributed by atoms with Crippen molar-refractivity contribution < 1.29 is 9.59 Å². The fourth-order valence-corrected chi connectivity index (χ4v) is 3.46. The molecule has 138 valence electrons. The van der Waals surface area contributed by atoms with E-state index in [4.69, 9.17) is 5.73 Å². The number of nitrogens with zero attached hydrogens (tertiary/aromatic N) is 3. The van der Waals surface area contributed by atoms with Crippen molar-refractivity contribution >= 4 is 11.7 Å². The number of amides is 1. The van der Waals surface area contributed by atoms with Crippen LogP contribution in [0.5, 0.6) is 0 Å². The van der Waals surface area contributed by atoms with Crippen LogP contribution >= 0.6 is 0 Å². The van der Waals surface area contributed by atoms with Crippen molar-refractivity contribution in [1.29, 1.82) is 0 Å². The van der Waals surface area contributed by atoms with E-state index >= 15 is 0 Å². The maximum Gasteiger partial charge on any atom is 0.221 e. The molecule has 1 saturated carbocycles. The van der Waals surface area contributed by atoms with Crippen LogP contribution in [-0.2, 0) is 4.79 Å². The molecule has 0 unspecified atom stereocenters. The number of carbonyl (C=O) groups excluding carboxylic acids is 2. The first-order valence-corrected chi connectivity index (χ1v) is 9.13. The molecule has 1 aliphatic rings. The molecule has 0 saturated heterocycles. The zero-order chi connectivity index (χ0) is 18.4. The van der Waals surface area contributed by atoms with Gasteiger partial charge in [0.1, 0.15) is 12.7 Å². The summed E-state index contributed by atoms with van der Waals surface area (Å²) in [5.74, 6) is 0.588. The third-order valence-electron chi connectivity index (χ3n) is 4.93. The van der Waals surface area contributed by atoms with Crippen LogP contribution in [0.4, 0.5) is 0 Å². The Kier molecular flexibility index (Phi) is 6.12. The number of nitrogens with one attached hydrogen (secondary N) is 1. The summed E-state index contributed by atoms with van der Waals surface area (Å²) in [5.41, 5.74) is 7.01. The average molecular weight is 355 g/mol. The second-order valence-corrected chi connectivity index (χ2v) is 6.84. The van der Waals surface area contributed by atoms with E-state index in [0.717, 1.165) is 36.9 Å². The molecule has 7 heteroatoms. The number of benzene rings is 1. The lowest BCUT2D eigenvalue weighted by Gasteiger charge is -2.28. The van der Waals surface area contributed by atoms with E-state index in [1.165, 1.54) is 6.33 Å². The molecular weight excluding hydrogens is 330 g/mol. The van der Waals surface area contributed by atoms with Crippen LogP contribution in [0.1, 0.15) is 48.9 Å². The highest BCUT2D eigenvalue weighted by molar-refractivity contribution is 5.96. The smallest absolute Gasteiger partial charge is 0.221 e. The fraction of sp³-hybridized carbons (Fsp3) is 0.474. The van der Waals surface area contributed by atoms with E-state index in [1.54, 1.807) is 11.0 Å². The molecule has 26 heavy (non-hydrogen) atoms. The van der Waals surface area contributed by atoms with Gasteiger partial charge in [0.05, 0.1) is 5.69 Å². The van der Waals surface area contributed by atoms with E-state index in [1.807, 2.05) is 24.3 Å². The van der Waals surface area contributed by atoms with Crippen molar-refractivity contribution in [2.45, 2.75) is 44.6 Å². The summed E-state index contributed by atoms with van der Waals surface area (Å²) in [6, 6.07) is 7.68. The summed E-state index contributed by atoms with van der Waals surface area (Å²) in [6.45, 7) is 0.380. The van der Waals surface area contributed by atoms with Gasteiger partial charge in [0, 0.05) is 31.0 Å². The van der Waals surface area contributed by atoms with Crippen LogP contribution in [0.2, 0.25) is 0 Å². The summed E-state index contributed by atoms with van der Waals surface area (Å²) >= 11 is 0. The zero-order valence-corrected chi connectivity index (χ0v) is 14.8. The summed E-state index contributed by atoms with van der Waals surface area (Å²) in [6.07, 6.45) is 7.84. The Balaban J connectivity index is 1.47. The van der Waals surface area contributed by atoms with Gasteiger partial charge >= 0.3 is 0 Å². The molecule has 1 aliphatic carbocycles. The number of hydrogen-bond donors (Lipinski definition) is 2. The predicted octanol–water partition coefficient (Wildman–Crippen LogP) is 1.86. The molecule has 1 fully saturated rings. The summed E-state index contributed by atoms with van der Waals surface area (Å²) in [5, 5.41) is 7.11. The monoisotopic (exact) mass is 355 g/mol. The molecule has 1 aromatic heterocycles. The van der Waals surface area contributed by atoms with Crippen LogP contribution in [0, 0.1) is 5.92 Å². The van der Waals surface area contributed by atoms with Crippen molar-refractivity contribution in [2.75, 3.05) is 6.54 Å². The minimum absolute atomic E-state index is 0.0273. The third-order valence-corrected chi connectivity index (χ3v) is 4.93. The number of Topliss-reactive ketones (excluding diaryl/α,β-unsaturated/α-hetero) is 1. The second kappa shape index (κ2) is 8.71. The van der Waals surface area contributed by atoms with Gasteiger partial charge in [-0.15, -0.1) is 0 Å². The number of ketones is 1. The molecule has 0 aliphatic heterocycles. The number of carbonyl (C=O) groups is 2. The highest BCUT2D eigenvalue weighted by Crippen LogP contribution is 2.28. The molecule has 7 nitrogen and oxygen atoms in total. The molecule has 0 spiro atoms. The van der Waals surface area contributed by atoms with Crippen molar-refractivity contribution in [1.82, 2.24) is 20.1 Å². The highest BCUT2D eigenvalue weighted by atomic mass is 16.1. The van der Waals surface area contributed by atoms with Gasteiger partial charge in [0.25, 0.3) is 0 Å². The number of hydrogen-bond acceptors (Lipinski definition) is 5. The standard InChI is InChI=1S/C19H25N5O2/c20-10-9-19(26)23-16-5-1-14(2-6-16)11-18(25)15-3-7-17(8-4-15)24-13-21-12-22-24/h3-4,7-8,12-14,16H,1-2,5-6,9-11,20H2,(H,23,26). The molecule has 3 rings (SSSR count). The molecule has 1 aromatic carbocycles. The Bertz CT molecular complexity index is 719. The van der Waals surface area contributed by atoms with E-state index in [2.05, 4.69) is 15.4 Å². The lowest BCUT2D eigenvalue weighted by atomic mass is 9.82. The van der Waals surface area contributed by atoms with Crippen LogP contribution in [0.25, 0.3) is 5.69 Å². The van der Waals surface area contributed by atoms with Gasteiger partial charge in [-0.3, -0.25) is 9.59 Å². The minimum atomic E-state index is 0.0273. The van der Waals surface area contributed by atoms with Crippen molar-refractivity contribution in [3.63, 3.8) is 0 Å². The maximum atomic E-state index is 12.5. The zero-order valence-electron chi connectivity index (χ0n) is 14.8. The first-order valence-electron chi connectivity index (χ1n) is 9.13. The molecule has 0 atom stereocenters. The predicted molar refractivity (Wildman–Crippen MR) is 97.9 cm³/mol. The van der Waals surface area contributed by atoms with Gasteiger partial charge < -0.3 is 11.1 Å². The van der Waals surface area contributed by atoms with E-state index in [9.17, 15) is 9.59 Å². The highest BCUT2D eigenvalue weighted by Gasteiger charge is 2.24. The first-order chi connectivity index (χ1) is 12.7. The average Bonchev–Trinajstić information content (AvgIpc) is 3.18. The Morgan fingerprint density at radius 1 is 1.15 bits per heavy atom. The van der Waals surface area contributed by atoms with Crippen LogP contribution in [-0.4, -0.2) is 39.0 Å². The fourth-order valence-electron chi connectivity index (χ4n) is 3.46. The van der Waals surface area contributed by atoms with Crippen LogP contribution in [0.3, 0.4) is 0 Å². The minimum Gasteiger partial charge on any atom is -0.353 e. The van der Waals surface area contributed by atoms with Crippen molar-refractivity contribution in [3.8, 4) is 5.69 Å². The summed E-state index contributed by atoms with van der Waals surface area (Å²) in [4.78, 5) is 28.1. The number of nitrogens with two attached hydrogens (primary N) is 1. The van der Waals surface area contributed by atoms with Crippen molar-refractivity contribution in [2.24, 2.45) is 11.7 Å². The molecule has 2 aromatic rings. The first kappa shape index (κ1) is 18.3.